The van der Waals surface area contributed by atoms with Gasteiger partial charge in [0.1, 0.15) is 0 Å². The van der Waals surface area contributed by atoms with Crippen molar-refractivity contribution in [3.63, 3.8) is 0 Å². The lowest BCUT2D eigenvalue weighted by molar-refractivity contribution is 0.277. The summed E-state index contributed by atoms with van der Waals surface area (Å²) in [5.74, 6) is 0.611. The maximum atomic E-state index is 12.9. The molecule has 0 spiro atoms. The number of likely N-dealkylation sites (tertiary alicyclic amines) is 1. The molecular weight excluding hydrogens is 281 g/mol. The van der Waals surface area contributed by atoms with Crippen molar-refractivity contribution in [1.29, 1.82) is 0 Å². The third-order valence-corrected chi connectivity index (χ3v) is 4.26. The van der Waals surface area contributed by atoms with E-state index in [9.17, 15) is 4.39 Å². The lowest BCUT2D eigenvalue weighted by Crippen LogP contribution is -2.31. The highest BCUT2D eigenvalue weighted by Gasteiger charge is 2.34. The van der Waals surface area contributed by atoms with E-state index < -0.39 is 5.82 Å². The van der Waals surface area contributed by atoms with Gasteiger partial charge in [0.05, 0.1) is 12.4 Å². The Balaban J connectivity index is 1.74. The van der Waals surface area contributed by atoms with Gasteiger partial charge in [-0.15, -0.1) is 0 Å². The Morgan fingerprint density at radius 2 is 2.09 bits per heavy atom. The summed E-state index contributed by atoms with van der Waals surface area (Å²) >= 11 is 0. The molecule has 0 radical (unpaired) electrons. The maximum Gasteiger partial charge on any atom is 0.225 e. The van der Waals surface area contributed by atoms with Gasteiger partial charge in [-0.05, 0) is 37.6 Å². The Morgan fingerprint density at radius 3 is 2.77 bits per heavy atom. The van der Waals surface area contributed by atoms with Crippen LogP contribution >= 0.6 is 0 Å². The average molecular weight is 301 g/mol. The third-order valence-electron chi connectivity index (χ3n) is 4.26. The van der Waals surface area contributed by atoms with E-state index in [1.54, 1.807) is 6.20 Å². The first-order valence-electron chi connectivity index (χ1n) is 7.44. The zero-order valence-electron chi connectivity index (χ0n) is 12.9. The van der Waals surface area contributed by atoms with Crippen molar-refractivity contribution in [2.24, 2.45) is 5.92 Å². The van der Waals surface area contributed by atoms with E-state index >= 15 is 0 Å². The fraction of sp³-hybridized carbons (Fsp3) is 0.438. The monoisotopic (exact) mass is 301 g/mol. The topological polar surface area (TPSA) is 45.2 Å². The first kappa shape index (κ1) is 14.8. The number of aromatic nitrogens is 3. The Labute approximate surface area is 129 Å². The summed E-state index contributed by atoms with van der Waals surface area (Å²) in [6, 6.07) is 4.45. The molecule has 0 amide bonds. The highest BCUT2D eigenvalue weighted by molar-refractivity contribution is 5.28. The number of pyridine rings is 1. The van der Waals surface area contributed by atoms with Crippen LogP contribution in [0.5, 0.6) is 0 Å². The van der Waals surface area contributed by atoms with Gasteiger partial charge >= 0.3 is 0 Å². The van der Waals surface area contributed by atoms with E-state index in [1.165, 1.54) is 18.0 Å². The van der Waals surface area contributed by atoms with Crippen LogP contribution in [0.15, 0.2) is 36.9 Å². The fourth-order valence-electron chi connectivity index (χ4n) is 3.23. The predicted molar refractivity (Wildman–Crippen MR) is 83.0 cm³/mol. The van der Waals surface area contributed by atoms with E-state index in [0.29, 0.717) is 17.9 Å². The van der Waals surface area contributed by atoms with Gasteiger partial charge in [0.2, 0.25) is 5.95 Å². The Bertz CT molecular complexity index is 604. The molecule has 3 heterocycles. The minimum Gasteiger partial charge on any atom is -0.344 e. The van der Waals surface area contributed by atoms with E-state index in [1.807, 2.05) is 24.2 Å². The highest BCUT2D eigenvalue weighted by Crippen LogP contribution is 2.36. The number of hydrogen-bond donors (Lipinski definition) is 0. The van der Waals surface area contributed by atoms with Crippen LogP contribution in [0.2, 0.25) is 0 Å². The Kier molecular flexibility index (Phi) is 4.29. The van der Waals surface area contributed by atoms with Gasteiger partial charge in [-0.25, -0.2) is 14.4 Å². The molecule has 2 aromatic heterocycles. The van der Waals surface area contributed by atoms with E-state index in [4.69, 9.17) is 0 Å². The molecule has 22 heavy (non-hydrogen) atoms. The lowest BCUT2D eigenvalue weighted by atomic mass is 9.94. The number of anilines is 1. The summed E-state index contributed by atoms with van der Waals surface area (Å²) in [6.07, 6.45) is 7.26. The summed E-state index contributed by atoms with van der Waals surface area (Å²) in [5, 5.41) is 0. The molecule has 1 fully saturated rings. The molecule has 116 valence electrons. The van der Waals surface area contributed by atoms with Crippen LogP contribution < -0.4 is 4.90 Å². The molecule has 0 unspecified atom stereocenters. The molecule has 3 rings (SSSR count). The molecule has 2 atom stereocenters. The van der Waals surface area contributed by atoms with Crippen LogP contribution in [0.3, 0.4) is 0 Å². The van der Waals surface area contributed by atoms with Gasteiger partial charge in [-0.3, -0.25) is 9.88 Å². The molecule has 1 aliphatic heterocycles. The summed E-state index contributed by atoms with van der Waals surface area (Å²) in [4.78, 5) is 16.7. The molecule has 2 aromatic rings. The predicted octanol–water partition coefficient (Wildman–Crippen LogP) is 2.14. The second-order valence-corrected chi connectivity index (χ2v) is 5.84. The minimum atomic E-state index is -0.411. The van der Waals surface area contributed by atoms with Gasteiger partial charge < -0.3 is 4.90 Å². The molecule has 0 saturated carbocycles. The molecule has 1 aliphatic rings. The van der Waals surface area contributed by atoms with Crippen molar-refractivity contribution in [3.8, 4) is 0 Å². The van der Waals surface area contributed by atoms with Crippen LogP contribution in [0.25, 0.3) is 0 Å². The molecule has 5 nitrogen and oxygen atoms in total. The van der Waals surface area contributed by atoms with E-state index in [0.717, 1.165) is 19.5 Å². The van der Waals surface area contributed by atoms with Crippen molar-refractivity contribution in [2.45, 2.75) is 12.5 Å². The van der Waals surface area contributed by atoms with Crippen LogP contribution in [0.1, 0.15) is 18.0 Å². The zero-order valence-corrected chi connectivity index (χ0v) is 12.9. The normalized spacial score (nSPS) is 22.0. The number of halogens is 1. The lowest BCUT2D eigenvalue weighted by Gasteiger charge is -2.28. The fourth-order valence-corrected chi connectivity index (χ4v) is 3.23. The minimum absolute atomic E-state index is 0.344. The van der Waals surface area contributed by atoms with Gasteiger partial charge in [0.15, 0.2) is 5.82 Å². The third kappa shape index (κ3) is 3.06. The standard InChI is InChI=1S/C16H20FN5/c1-21-7-5-13(15(21)12-4-3-6-18-8-12)11-22(2)16-19-9-14(17)10-20-16/h3-4,6,8-10,13,15H,5,7,11H2,1-2H3/t13-,15-/m0/s1. The quantitative estimate of drug-likeness (QED) is 0.866. The SMILES string of the molecule is CN(C[C@@H]1CCN(C)[C@H]1c1cccnc1)c1ncc(F)cn1. The Morgan fingerprint density at radius 1 is 1.32 bits per heavy atom. The van der Waals surface area contributed by atoms with Crippen molar-refractivity contribution >= 4 is 5.95 Å². The molecule has 0 aromatic carbocycles. The van der Waals surface area contributed by atoms with Gasteiger partial charge in [0, 0.05) is 32.0 Å². The van der Waals surface area contributed by atoms with Crippen LogP contribution in [0, 0.1) is 11.7 Å². The molecule has 0 N–H and O–H groups in total. The first-order valence-corrected chi connectivity index (χ1v) is 7.44. The van der Waals surface area contributed by atoms with Crippen molar-refractivity contribution in [1.82, 2.24) is 19.9 Å². The maximum absolute atomic E-state index is 12.9. The molecule has 1 saturated heterocycles. The molecule has 6 heteroatoms. The second kappa shape index (κ2) is 6.36. The average Bonchev–Trinajstić information content (AvgIpc) is 2.89. The van der Waals surface area contributed by atoms with E-state index in [2.05, 4.69) is 33.0 Å². The van der Waals surface area contributed by atoms with Gasteiger partial charge in [-0.2, -0.15) is 0 Å². The zero-order chi connectivity index (χ0) is 15.5. The van der Waals surface area contributed by atoms with Crippen LogP contribution in [-0.4, -0.2) is 47.0 Å². The summed E-state index contributed by atoms with van der Waals surface area (Å²) in [5.41, 5.74) is 1.24. The van der Waals surface area contributed by atoms with Gasteiger partial charge in [-0.1, -0.05) is 6.07 Å². The van der Waals surface area contributed by atoms with E-state index in [-0.39, 0.29) is 0 Å². The van der Waals surface area contributed by atoms with Crippen molar-refractivity contribution < 1.29 is 4.39 Å². The van der Waals surface area contributed by atoms with Crippen molar-refractivity contribution in [2.75, 3.05) is 32.1 Å². The number of hydrogen-bond acceptors (Lipinski definition) is 5. The Hall–Kier alpha value is -2.08. The van der Waals surface area contributed by atoms with Crippen LogP contribution in [-0.2, 0) is 0 Å². The second-order valence-electron chi connectivity index (χ2n) is 5.84. The van der Waals surface area contributed by atoms with Crippen LogP contribution in [0.4, 0.5) is 10.3 Å². The summed E-state index contributed by atoms with van der Waals surface area (Å²) < 4.78 is 12.9. The number of rotatable bonds is 4. The molecular formula is C16H20FN5. The summed E-state index contributed by atoms with van der Waals surface area (Å²) in [6.45, 7) is 1.89. The molecule has 0 aliphatic carbocycles. The molecule has 0 bridgehead atoms. The van der Waals surface area contributed by atoms with Gasteiger partial charge in [0.25, 0.3) is 0 Å². The summed E-state index contributed by atoms with van der Waals surface area (Å²) in [7, 11) is 4.10. The number of nitrogens with zero attached hydrogens (tertiary/aromatic N) is 5. The largest absolute Gasteiger partial charge is 0.344 e. The smallest absolute Gasteiger partial charge is 0.225 e. The highest BCUT2D eigenvalue weighted by atomic mass is 19.1. The van der Waals surface area contributed by atoms with Crippen molar-refractivity contribution in [3.05, 3.63) is 48.3 Å². The first-order chi connectivity index (χ1) is 10.6.